The van der Waals surface area contributed by atoms with E-state index in [1.165, 1.54) is 22.4 Å². The SMILES string of the molecule is COC.Cc1cc2[nH]c(C(=O)Nc3ccccc3Cl)c(CN3CCCC3)c2s1. The maximum absolute atomic E-state index is 12.9. The summed E-state index contributed by atoms with van der Waals surface area (Å²) >= 11 is 7.93. The molecule has 5 nitrogen and oxygen atoms in total. The van der Waals surface area contributed by atoms with Gasteiger partial charge in [0.15, 0.2) is 0 Å². The fourth-order valence-electron chi connectivity index (χ4n) is 3.41. The number of hydrogen-bond acceptors (Lipinski definition) is 4. The predicted octanol–water partition coefficient (Wildman–Crippen LogP) is 5.30. The lowest BCUT2D eigenvalue weighted by atomic mass is 10.2. The standard InChI is InChI=1S/C19H20ClN3OS.C2H6O/c1-12-10-16-18(25-12)13(11-23-8-4-5-9-23)17(21-16)19(24)22-15-7-3-2-6-14(15)20;1-3-2/h2-3,6-7,10,21H,4-5,8-9,11H2,1H3,(H,22,24);1-2H3. The summed E-state index contributed by atoms with van der Waals surface area (Å²) in [5.74, 6) is -0.136. The Hall–Kier alpha value is -1.86. The van der Waals surface area contributed by atoms with Crippen molar-refractivity contribution in [3.05, 3.63) is 51.5 Å². The highest BCUT2D eigenvalue weighted by Gasteiger charge is 2.23. The number of H-pyrrole nitrogens is 1. The average molecular weight is 420 g/mol. The molecule has 3 heterocycles. The summed E-state index contributed by atoms with van der Waals surface area (Å²) in [5, 5.41) is 3.48. The number of nitrogens with zero attached hydrogens (tertiary/aromatic N) is 1. The number of benzene rings is 1. The van der Waals surface area contributed by atoms with Crippen LogP contribution in [0.25, 0.3) is 10.2 Å². The fraction of sp³-hybridized carbons (Fsp3) is 0.381. The van der Waals surface area contributed by atoms with Gasteiger partial charge in [-0.3, -0.25) is 9.69 Å². The van der Waals surface area contributed by atoms with Gasteiger partial charge in [-0.05, 0) is 51.1 Å². The molecule has 150 valence electrons. The Morgan fingerprint density at radius 1 is 1.29 bits per heavy atom. The van der Waals surface area contributed by atoms with Crippen molar-refractivity contribution in [2.45, 2.75) is 26.3 Å². The Kier molecular flexibility index (Phi) is 7.13. The highest BCUT2D eigenvalue weighted by atomic mass is 35.5. The number of rotatable bonds is 4. The smallest absolute Gasteiger partial charge is 0.272 e. The first-order valence-corrected chi connectivity index (χ1v) is 10.5. The summed E-state index contributed by atoms with van der Waals surface area (Å²) in [6.07, 6.45) is 2.47. The predicted molar refractivity (Wildman–Crippen MR) is 118 cm³/mol. The van der Waals surface area contributed by atoms with E-state index in [2.05, 4.69) is 32.9 Å². The number of anilines is 1. The van der Waals surface area contributed by atoms with Gasteiger partial charge in [-0.15, -0.1) is 11.3 Å². The fourth-order valence-corrected chi connectivity index (χ4v) is 4.60. The first kappa shape index (κ1) is 20.9. The molecule has 2 aromatic heterocycles. The molecule has 3 aromatic rings. The molecular formula is C21H26ClN3O2S. The maximum Gasteiger partial charge on any atom is 0.272 e. The summed E-state index contributed by atoms with van der Waals surface area (Å²) < 4.78 is 5.44. The Balaban J connectivity index is 0.000000706. The number of aryl methyl sites for hydroxylation is 1. The van der Waals surface area contributed by atoms with Crippen LogP contribution in [0.5, 0.6) is 0 Å². The van der Waals surface area contributed by atoms with Crippen molar-refractivity contribution in [1.82, 2.24) is 9.88 Å². The summed E-state index contributed by atoms with van der Waals surface area (Å²) in [4.78, 5) is 19.9. The van der Waals surface area contributed by atoms with Crippen molar-refractivity contribution in [3.8, 4) is 0 Å². The van der Waals surface area contributed by atoms with Gasteiger partial charge in [0.05, 0.1) is 20.9 Å². The normalized spacial score (nSPS) is 14.1. The number of likely N-dealkylation sites (tertiary alicyclic amines) is 1. The van der Waals surface area contributed by atoms with E-state index in [1.54, 1.807) is 31.6 Å². The third kappa shape index (κ3) is 4.75. The molecule has 0 atom stereocenters. The summed E-state index contributed by atoms with van der Waals surface area (Å²) in [7, 11) is 3.25. The van der Waals surface area contributed by atoms with Gasteiger partial charge in [-0.1, -0.05) is 23.7 Å². The largest absolute Gasteiger partial charge is 0.388 e. The van der Waals surface area contributed by atoms with Crippen LogP contribution in [0.1, 0.15) is 33.8 Å². The van der Waals surface area contributed by atoms with Crippen LogP contribution in [-0.2, 0) is 11.3 Å². The lowest BCUT2D eigenvalue weighted by Crippen LogP contribution is -2.21. The Bertz CT molecular complexity index is 944. The van der Waals surface area contributed by atoms with E-state index in [0.717, 1.165) is 30.7 Å². The van der Waals surface area contributed by atoms with Gasteiger partial charge < -0.3 is 15.0 Å². The molecule has 1 aromatic carbocycles. The molecule has 1 aliphatic heterocycles. The van der Waals surface area contributed by atoms with Gasteiger partial charge in [0.2, 0.25) is 0 Å². The third-order valence-electron chi connectivity index (χ3n) is 4.62. The van der Waals surface area contributed by atoms with Crippen LogP contribution >= 0.6 is 22.9 Å². The van der Waals surface area contributed by atoms with Gasteiger partial charge in [0.25, 0.3) is 5.91 Å². The second kappa shape index (κ2) is 9.56. The van der Waals surface area contributed by atoms with Gasteiger partial charge in [0.1, 0.15) is 5.69 Å². The van der Waals surface area contributed by atoms with Crippen molar-refractivity contribution in [2.75, 3.05) is 32.6 Å². The zero-order chi connectivity index (χ0) is 20.1. The second-order valence-electron chi connectivity index (χ2n) is 6.90. The molecule has 7 heteroatoms. The maximum atomic E-state index is 12.9. The zero-order valence-corrected chi connectivity index (χ0v) is 18.0. The first-order chi connectivity index (χ1) is 13.5. The van der Waals surface area contributed by atoms with E-state index in [-0.39, 0.29) is 5.91 Å². The summed E-state index contributed by atoms with van der Waals surface area (Å²) in [6.45, 7) is 5.11. The average Bonchev–Trinajstić information content (AvgIpc) is 3.36. The summed E-state index contributed by atoms with van der Waals surface area (Å²) in [6, 6.07) is 9.42. The second-order valence-corrected chi connectivity index (χ2v) is 8.57. The molecule has 0 unspecified atom stereocenters. The number of para-hydroxylation sites is 1. The number of aromatic nitrogens is 1. The van der Waals surface area contributed by atoms with Crippen LogP contribution in [0, 0.1) is 6.92 Å². The van der Waals surface area contributed by atoms with Crippen LogP contribution in [0.4, 0.5) is 5.69 Å². The van der Waals surface area contributed by atoms with Crippen molar-refractivity contribution < 1.29 is 9.53 Å². The molecule has 2 N–H and O–H groups in total. The highest BCUT2D eigenvalue weighted by molar-refractivity contribution is 7.19. The number of amides is 1. The van der Waals surface area contributed by atoms with Crippen LogP contribution in [-0.4, -0.2) is 43.1 Å². The van der Waals surface area contributed by atoms with Crippen molar-refractivity contribution in [1.29, 1.82) is 0 Å². The molecule has 0 spiro atoms. The zero-order valence-electron chi connectivity index (χ0n) is 16.5. The lowest BCUT2D eigenvalue weighted by molar-refractivity contribution is 0.102. The monoisotopic (exact) mass is 419 g/mol. The molecule has 1 saturated heterocycles. The number of nitrogens with one attached hydrogen (secondary N) is 2. The molecule has 28 heavy (non-hydrogen) atoms. The molecule has 0 saturated carbocycles. The Morgan fingerprint density at radius 3 is 2.64 bits per heavy atom. The molecule has 1 amide bonds. The highest BCUT2D eigenvalue weighted by Crippen LogP contribution is 2.33. The molecule has 4 rings (SSSR count). The molecular weight excluding hydrogens is 394 g/mol. The lowest BCUT2D eigenvalue weighted by Gasteiger charge is -2.15. The quantitative estimate of drug-likeness (QED) is 0.603. The van der Waals surface area contributed by atoms with E-state index in [4.69, 9.17) is 11.6 Å². The summed E-state index contributed by atoms with van der Waals surface area (Å²) in [5.41, 5.74) is 3.42. The van der Waals surface area contributed by atoms with Crippen LogP contribution in [0.2, 0.25) is 5.02 Å². The number of carbonyl (C=O) groups is 1. The van der Waals surface area contributed by atoms with Gasteiger partial charge >= 0.3 is 0 Å². The number of hydrogen-bond donors (Lipinski definition) is 2. The van der Waals surface area contributed by atoms with Crippen molar-refractivity contribution >= 4 is 44.7 Å². The van der Waals surface area contributed by atoms with E-state index in [0.29, 0.717) is 16.4 Å². The van der Waals surface area contributed by atoms with Crippen LogP contribution < -0.4 is 5.32 Å². The Morgan fingerprint density at radius 2 is 1.96 bits per heavy atom. The van der Waals surface area contributed by atoms with E-state index in [9.17, 15) is 4.79 Å². The van der Waals surface area contributed by atoms with Gasteiger partial charge in [-0.2, -0.15) is 0 Å². The third-order valence-corrected chi connectivity index (χ3v) is 6.06. The Labute approximate surface area is 174 Å². The van der Waals surface area contributed by atoms with Crippen LogP contribution in [0.3, 0.4) is 0 Å². The molecule has 0 radical (unpaired) electrons. The minimum absolute atomic E-state index is 0.136. The van der Waals surface area contributed by atoms with Gasteiger partial charge in [-0.25, -0.2) is 0 Å². The number of carbonyl (C=O) groups excluding carboxylic acids is 1. The van der Waals surface area contributed by atoms with E-state index >= 15 is 0 Å². The molecule has 1 aliphatic rings. The molecule has 1 fully saturated rings. The first-order valence-electron chi connectivity index (χ1n) is 9.32. The minimum atomic E-state index is -0.136. The number of thiophene rings is 1. The van der Waals surface area contributed by atoms with E-state index in [1.807, 2.05) is 18.2 Å². The molecule has 0 bridgehead atoms. The topological polar surface area (TPSA) is 57.4 Å². The molecule has 0 aliphatic carbocycles. The number of halogens is 1. The number of ether oxygens (including phenoxy) is 1. The number of fused-ring (bicyclic) bond motifs is 1. The minimum Gasteiger partial charge on any atom is -0.388 e. The number of aromatic amines is 1. The number of methoxy groups -OCH3 is 1. The van der Waals surface area contributed by atoms with Crippen molar-refractivity contribution in [2.24, 2.45) is 0 Å². The van der Waals surface area contributed by atoms with Gasteiger partial charge in [0, 0.05) is 31.2 Å². The van der Waals surface area contributed by atoms with E-state index < -0.39 is 0 Å². The van der Waals surface area contributed by atoms with Crippen molar-refractivity contribution in [3.63, 3.8) is 0 Å². The van der Waals surface area contributed by atoms with Crippen LogP contribution in [0.15, 0.2) is 30.3 Å².